The number of rotatable bonds is 8. The predicted octanol–water partition coefficient (Wildman–Crippen LogP) is 4.32. The molecular weight excluding hydrogens is 461 g/mol. The summed E-state index contributed by atoms with van der Waals surface area (Å²) in [5.74, 6) is -2.35. The number of carbonyl (C=O) groups excluding carboxylic acids is 2. The number of halogens is 3. The number of aliphatic carboxylic acids is 1. The largest absolute Gasteiger partial charge is 0.573 e. The van der Waals surface area contributed by atoms with Gasteiger partial charge in [-0.3, -0.25) is 19.3 Å². The number of carbonyl (C=O) groups is 3. The van der Waals surface area contributed by atoms with Gasteiger partial charge in [0.2, 0.25) is 5.91 Å². The monoisotopic (exact) mass is 484 g/mol. The Balaban J connectivity index is 1.77. The number of carboxylic acid groups (broad SMARTS) is 1. The Bertz CT molecular complexity index is 1050. The first-order valence-electron chi connectivity index (χ1n) is 10.2. The molecule has 2 N–H and O–H groups in total. The molecule has 11 heteroatoms. The van der Waals surface area contributed by atoms with Gasteiger partial charge in [-0.25, -0.2) is 0 Å². The molecule has 2 aromatic rings. The van der Waals surface area contributed by atoms with Crippen molar-refractivity contribution in [2.45, 2.75) is 45.0 Å². The van der Waals surface area contributed by atoms with Crippen LogP contribution in [0.15, 0.2) is 30.3 Å². The second-order valence-corrected chi connectivity index (χ2v) is 9.00. The molecule has 0 spiro atoms. The Labute approximate surface area is 192 Å². The summed E-state index contributed by atoms with van der Waals surface area (Å²) in [5, 5.41) is 12.5. The number of anilines is 1. The van der Waals surface area contributed by atoms with Gasteiger partial charge in [0.15, 0.2) is 5.78 Å². The molecule has 1 fully saturated rings. The van der Waals surface area contributed by atoms with Crippen molar-refractivity contribution in [1.29, 1.82) is 0 Å². The molecule has 1 unspecified atom stereocenters. The van der Waals surface area contributed by atoms with Gasteiger partial charge in [0.1, 0.15) is 16.3 Å². The number of ether oxygens (including phenoxy) is 1. The van der Waals surface area contributed by atoms with Crippen LogP contribution >= 0.6 is 11.3 Å². The van der Waals surface area contributed by atoms with Crippen molar-refractivity contribution in [3.63, 3.8) is 0 Å². The van der Waals surface area contributed by atoms with E-state index < -0.39 is 35.3 Å². The second kappa shape index (κ2) is 9.52. The SMILES string of the molecule is CCc1cc(C(=O)c2ccc(OC(F)(F)F)cc2)c(NC(=O)CN2CCCC2(C)C(=O)O)s1. The minimum absolute atomic E-state index is 0.137. The smallest absolute Gasteiger partial charge is 0.480 e. The summed E-state index contributed by atoms with van der Waals surface area (Å²) >= 11 is 1.22. The maximum absolute atomic E-state index is 13.0. The first kappa shape index (κ1) is 24.7. The van der Waals surface area contributed by atoms with E-state index in [1.165, 1.54) is 23.5 Å². The molecule has 178 valence electrons. The summed E-state index contributed by atoms with van der Waals surface area (Å²) in [7, 11) is 0. The molecule has 2 heterocycles. The van der Waals surface area contributed by atoms with Crippen molar-refractivity contribution in [1.82, 2.24) is 4.90 Å². The molecule has 0 aliphatic carbocycles. The molecule has 1 aromatic heterocycles. The average Bonchev–Trinajstić information content (AvgIpc) is 3.31. The van der Waals surface area contributed by atoms with E-state index in [0.717, 1.165) is 17.0 Å². The van der Waals surface area contributed by atoms with Gasteiger partial charge < -0.3 is 15.2 Å². The molecule has 0 bridgehead atoms. The summed E-state index contributed by atoms with van der Waals surface area (Å²) in [4.78, 5) is 39.8. The number of aryl methyl sites for hydroxylation is 1. The van der Waals surface area contributed by atoms with Gasteiger partial charge in [0.05, 0.1) is 12.1 Å². The van der Waals surface area contributed by atoms with E-state index in [1.807, 2.05) is 6.92 Å². The van der Waals surface area contributed by atoms with Crippen molar-refractivity contribution in [2.24, 2.45) is 0 Å². The van der Waals surface area contributed by atoms with Crippen LogP contribution in [-0.2, 0) is 16.0 Å². The number of thiophene rings is 1. The first-order valence-corrected chi connectivity index (χ1v) is 11.1. The third kappa shape index (κ3) is 5.72. The highest BCUT2D eigenvalue weighted by atomic mass is 32.1. The summed E-state index contributed by atoms with van der Waals surface area (Å²) < 4.78 is 40.9. The van der Waals surface area contributed by atoms with Gasteiger partial charge in [-0.15, -0.1) is 24.5 Å². The number of alkyl halides is 3. The highest BCUT2D eigenvalue weighted by Gasteiger charge is 2.44. The summed E-state index contributed by atoms with van der Waals surface area (Å²) in [6.45, 7) is 3.80. The van der Waals surface area contributed by atoms with Crippen LogP contribution in [0.5, 0.6) is 5.75 Å². The highest BCUT2D eigenvalue weighted by molar-refractivity contribution is 7.16. The van der Waals surface area contributed by atoms with Gasteiger partial charge in [0.25, 0.3) is 0 Å². The quantitative estimate of drug-likeness (QED) is 0.542. The number of benzene rings is 1. The van der Waals surface area contributed by atoms with Gasteiger partial charge in [-0.2, -0.15) is 0 Å². The van der Waals surface area contributed by atoms with E-state index in [4.69, 9.17) is 0 Å². The van der Waals surface area contributed by atoms with Crippen LogP contribution in [0.4, 0.5) is 18.2 Å². The minimum atomic E-state index is -4.83. The average molecular weight is 484 g/mol. The van der Waals surface area contributed by atoms with Crippen molar-refractivity contribution < 1.29 is 37.4 Å². The lowest BCUT2D eigenvalue weighted by atomic mass is 9.99. The molecule has 3 rings (SSSR count). The number of carboxylic acids is 1. The lowest BCUT2D eigenvalue weighted by Crippen LogP contribution is -2.50. The van der Waals surface area contributed by atoms with Crippen molar-refractivity contribution in [3.05, 3.63) is 46.3 Å². The molecular formula is C22H23F3N2O5S. The van der Waals surface area contributed by atoms with Crippen LogP contribution in [0.1, 0.15) is 47.5 Å². The summed E-state index contributed by atoms with van der Waals surface area (Å²) in [6, 6.07) is 6.18. The zero-order valence-corrected chi connectivity index (χ0v) is 18.8. The van der Waals surface area contributed by atoms with Crippen LogP contribution in [0, 0.1) is 0 Å². The molecule has 1 aliphatic rings. The third-order valence-corrected chi connectivity index (χ3v) is 6.76. The van der Waals surface area contributed by atoms with Crippen LogP contribution in [0.3, 0.4) is 0 Å². The Morgan fingerprint density at radius 1 is 1.24 bits per heavy atom. The number of nitrogens with zero attached hydrogens (tertiary/aromatic N) is 1. The summed E-state index contributed by atoms with van der Waals surface area (Å²) in [6.07, 6.45) is -3.12. The Hall–Kier alpha value is -2.92. The van der Waals surface area contributed by atoms with E-state index in [-0.39, 0.29) is 17.7 Å². The number of ketones is 1. The molecule has 7 nitrogen and oxygen atoms in total. The molecule has 1 saturated heterocycles. The molecule has 0 saturated carbocycles. The lowest BCUT2D eigenvalue weighted by Gasteiger charge is -2.30. The van der Waals surface area contributed by atoms with E-state index in [1.54, 1.807) is 17.9 Å². The predicted molar refractivity (Wildman–Crippen MR) is 116 cm³/mol. The zero-order valence-electron chi connectivity index (χ0n) is 18.0. The van der Waals surface area contributed by atoms with Crippen LogP contribution < -0.4 is 10.1 Å². The standard InChI is InChI=1S/C22H23F3N2O5S/c1-3-15-11-16(18(29)13-5-7-14(8-6-13)32-22(23,24)25)19(33-15)26-17(28)12-27-10-4-9-21(27,2)20(30)31/h5-8,11H,3-4,9-10,12H2,1-2H3,(H,26,28)(H,30,31). The van der Waals surface area contributed by atoms with Gasteiger partial charge in [0, 0.05) is 10.4 Å². The molecule has 0 radical (unpaired) electrons. The first-order chi connectivity index (χ1) is 15.4. The highest BCUT2D eigenvalue weighted by Crippen LogP contribution is 2.33. The molecule has 1 amide bonds. The summed E-state index contributed by atoms with van der Waals surface area (Å²) in [5.41, 5.74) is -0.768. The number of hydrogen-bond donors (Lipinski definition) is 2. The lowest BCUT2D eigenvalue weighted by molar-refractivity contribution is -0.274. The van der Waals surface area contributed by atoms with Gasteiger partial charge in [-0.05, 0) is 63.1 Å². The normalized spacial score (nSPS) is 18.8. The van der Waals surface area contributed by atoms with Crippen molar-refractivity contribution >= 4 is 34.0 Å². The van der Waals surface area contributed by atoms with E-state index in [0.29, 0.717) is 30.8 Å². The number of nitrogens with one attached hydrogen (secondary N) is 1. The maximum Gasteiger partial charge on any atom is 0.573 e. The molecule has 1 aliphatic heterocycles. The maximum atomic E-state index is 13.0. The zero-order chi connectivity index (χ0) is 24.4. The fraction of sp³-hybridized carbons (Fsp3) is 0.409. The van der Waals surface area contributed by atoms with Crippen molar-refractivity contribution in [2.75, 3.05) is 18.4 Å². The third-order valence-electron chi connectivity index (χ3n) is 5.56. The number of hydrogen-bond acceptors (Lipinski definition) is 6. The second-order valence-electron chi connectivity index (χ2n) is 7.86. The molecule has 1 atom stereocenters. The Morgan fingerprint density at radius 3 is 2.48 bits per heavy atom. The number of amides is 1. The van der Waals surface area contributed by atoms with E-state index in [2.05, 4.69) is 10.1 Å². The van der Waals surface area contributed by atoms with Gasteiger partial charge >= 0.3 is 12.3 Å². The topological polar surface area (TPSA) is 95.9 Å². The van der Waals surface area contributed by atoms with E-state index >= 15 is 0 Å². The van der Waals surface area contributed by atoms with Crippen LogP contribution in [0.2, 0.25) is 0 Å². The van der Waals surface area contributed by atoms with Gasteiger partial charge in [-0.1, -0.05) is 6.92 Å². The van der Waals surface area contributed by atoms with Crippen LogP contribution in [-0.4, -0.2) is 52.7 Å². The van der Waals surface area contributed by atoms with Crippen molar-refractivity contribution in [3.8, 4) is 5.75 Å². The van der Waals surface area contributed by atoms with E-state index in [9.17, 15) is 32.7 Å². The van der Waals surface area contributed by atoms with Crippen LogP contribution in [0.25, 0.3) is 0 Å². The molecule has 1 aromatic carbocycles. The minimum Gasteiger partial charge on any atom is -0.480 e. The molecule has 33 heavy (non-hydrogen) atoms. The fourth-order valence-corrected chi connectivity index (χ4v) is 4.71. The Morgan fingerprint density at radius 2 is 1.91 bits per heavy atom. The Kier molecular flexibility index (Phi) is 7.13. The fourth-order valence-electron chi connectivity index (χ4n) is 3.70. The number of likely N-dealkylation sites (tertiary alicyclic amines) is 1.